The highest BCUT2D eigenvalue weighted by atomic mass is 79.9. The Labute approximate surface area is 80.1 Å². The molecule has 0 atom stereocenters. The van der Waals surface area contributed by atoms with E-state index in [1.54, 1.807) is 13.8 Å². The zero-order valence-corrected chi connectivity index (χ0v) is 8.92. The third-order valence-corrected chi connectivity index (χ3v) is 1.59. The van der Waals surface area contributed by atoms with E-state index in [9.17, 15) is 4.79 Å². The van der Waals surface area contributed by atoms with E-state index in [0.717, 1.165) is 0 Å². The fourth-order valence-corrected chi connectivity index (χ4v) is 0.668. The fourth-order valence-electron chi connectivity index (χ4n) is 0.433. The molecule has 0 unspecified atom stereocenters. The van der Waals surface area contributed by atoms with Crippen molar-refractivity contribution in [2.24, 2.45) is 0 Å². The Bertz CT molecular complexity index is 135. The van der Waals surface area contributed by atoms with Gasteiger partial charge < -0.3 is 5.32 Å². The van der Waals surface area contributed by atoms with Crippen molar-refractivity contribution in [2.75, 3.05) is 13.1 Å². The number of carbonyl (C=O) groups is 1. The average Bonchev–Trinajstić information content (AvgIpc) is 1.86. The van der Waals surface area contributed by atoms with Crippen LogP contribution in [0.1, 0.15) is 13.8 Å². The summed E-state index contributed by atoms with van der Waals surface area (Å²) in [6.45, 7) is 4.68. The first-order valence-corrected chi connectivity index (χ1v) is 4.46. The molecule has 0 bridgehead atoms. The zero-order chi connectivity index (χ0) is 8.91. The Kier molecular flexibility index (Phi) is 5.04. The van der Waals surface area contributed by atoms with Gasteiger partial charge in [0.2, 0.25) is 5.91 Å². The van der Waals surface area contributed by atoms with E-state index >= 15 is 0 Å². The van der Waals surface area contributed by atoms with Gasteiger partial charge in [-0.05, 0) is 25.6 Å². The maximum atomic E-state index is 11.1. The van der Waals surface area contributed by atoms with Crippen molar-refractivity contribution >= 4 is 33.6 Å². The number of rotatable bonds is 4. The van der Waals surface area contributed by atoms with Gasteiger partial charge in [0.15, 0.2) is 0 Å². The molecule has 0 rings (SSSR count). The molecule has 0 fully saturated rings. The fraction of sp³-hybridized carbons (Fsp3) is 0.833. The number of amides is 1. The van der Waals surface area contributed by atoms with Gasteiger partial charge in [-0.25, -0.2) is 4.84 Å². The van der Waals surface area contributed by atoms with E-state index < -0.39 is 4.32 Å². The molecular weight excluding hydrogens is 231 g/mol. The van der Waals surface area contributed by atoms with E-state index in [2.05, 4.69) is 26.1 Å². The molecule has 2 N–H and O–H groups in total. The molecule has 0 saturated heterocycles. The summed E-state index contributed by atoms with van der Waals surface area (Å²) in [6, 6.07) is 0. The lowest BCUT2D eigenvalue weighted by atomic mass is 10.2. The van der Waals surface area contributed by atoms with Crippen LogP contribution in [-0.2, 0) is 4.79 Å². The molecule has 1 amide bonds. The second-order valence-corrected chi connectivity index (χ2v) is 4.86. The monoisotopic (exact) mass is 242 g/mol. The summed E-state index contributed by atoms with van der Waals surface area (Å²) in [7, 11) is 0. The third-order valence-electron chi connectivity index (χ3n) is 1.04. The largest absolute Gasteiger partial charge is 0.354 e. The van der Waals surface area contributed by atoms with Crippen LogP contribution in [-0.4, -0.2) is 23.3 Å². The molecule has 3 nitrogen and oxygen atoms in total. The minimum absolute atomic E-state index is 0.0376. The van der Waals surface area contributed by atoms with Gasteiger partial charge in [-0.3, -0.25) is 4.79 Å². The van der Waals surface area contributed by atoms with Gasteiger partial charge in [-0.15, -0.1) is 0 Å². The van der Waals surface area contributed by atoms with Crippen molar-refractivity contribution in [3.05, 3.63) is 0 Å². The van der Waals surface area contributed by atoms with Crippen LogP contribution in [0.5, 0.6) is 0 Å². The standard InChI is InChI=1S/C6H12BrClN2O/c1-6(2,7)5(11)9-3-4-10-8/h10H,3-4H2,1-2H3,(H,9,11). The highest BCUT2D eigenvalue weighted by molar-refractivity contribution is 9.10. The number of hydrogen-bond donors (Lipinski definition) is 2. The summed E-state index contributed by atoms with van der Waals surface area (Å²) in [6.07, 6.45) is 0. The average molecular weight is 244 g/mol. The first-order chi connectivity index (χ1) is 4.98. The highest BCUT2D eigenvalue weighted by Gasteiger charge is 2.22. The Morgan fingerprint density at radius 2 is 2.09 bits per heavy atom. The molecule has 66 valence electrons. The van der Waals surface area contributed by atoms with Gasteiger partial charge in [0.1, 0.15) is 0 Å². The van der Waals surface area contributed by atoms with Crippen molar-refractivity contribution in [3.63, 3.8) is 0 Å². The molecule has 0 aromatic rings. The number of nitrogens with one attached hydrogen (secondary N) is 2. The Balaban J connectivity index is 3.54. The molecule has 11 heavy (non-hydrogen) atoms. The predicted molar refractivity (Wildman–Crippen MR) is 49.9 cm³/mol. The molecule has 0 radical (unpaired) electrons. The van der Waals surface area contributed by atoms with Crippen LogP contribution >= 0.6 is 27.7 Å². The van der Waals surface area contributed by atoms with Gasteiger partial charge >= 0.3 is 0 Å². The van der Waals surface area contributed by atoms with Crippen LogP contribution in [0.15, 0.2) is 0 Å². The maximum Gasteiger partial charge on any atom is 0.236 e. The van der Waals surface area contributed by atoms with Gasteiger partial charge in [0, 0.05) is 13.1 Å². The molecule has 0 aliphatic rings. The Morgan fingerprint density at radius 1 is 1.55 bits per heavy atom. The Morgan fingerprint density at radius 3 is 2.45 bits per heavy atom. The van der Waals surface area contributed by atoms with Gasteiger partial charge in [-0.2, -0.15) is 0 Å². The second kappa shape index (κ2) is 4.95. The van der Waals surface area contributed by atoms with E-state index in [0.29, 0.717) is 13.1 Å². The summed E-state index contributed by atoms with van der Waals surface area (Å²) in [4.78, 5) is 13.5. The van der Waals surface area contributed by atoms with E-state index in [-0.39, 0.29) is 5.91 Å². The van der Waals surface area contributed by atoms with Crippen LogP contribution in [0.25, 0.3) is 0 Å². The molecular formula is C6H12BrClN2O. The minimum Gasteiger partial charge on any atom is -0.354 e. The molecule has 0 heterocycles. The lowest BCUT2D eigenvalue weighted by Gasteiger charge is -2.15. The minimum atomic E-state index is -0.501. The van der Waals surface area contributed by atoms with Crippen LogP contribution in [0.4, 0.5) is 0 Å². The lowest BCUT2D eigenvalue weighted by Crippen LogP contribution is -2.39. The van der Waals surface area contributed by atoms with Gasteiger partial charge in [0.05, 0.1) is 4.32 Å². The van der Waals surface area contributed by atoms with Crippen molar-refractivity contribution in [1.29, 1.82) is 0 Å². The third kappa shape index (κ3) is 5.47. The van der Waals surface area contributed by atoms with Crippen LogP contribution in [0.2, 0.25) is 0 Å². The molecule has 0 spiro atoms. The second-order valence-electron chi connectivity index (χ2n) is 2.61. The van der Waals surface area contributed by atoms with Crippen molar-refractivity contribution in [1.82, 2.24) is 10.2 Å². The molecule has 0 aromatic carbocycles. The zero-order valence-electron chi connectivity index (χ0n) is 6.58. The maximum absolute atomic E-state index is 11.1. The van der Waals surface area contributed by atoms with Gasteiger partial charge in [-0.1, -0.05) is 15.9 Å². The molecule has 0 aliphatic carbocycles. The molecule has 0 aromatic heterocycles. The highest BCUT2D eigenvalue weighted by Crippen LogP contribution is 2.14. The summed E-state index contributed by atoms with van der Waals surface area (Å²) >= 11 is 8.42. The van der Waals surface area contributed by atoms with Crippen LogP contribution in [0.3, 0.4) is 0 Å². The van der Waals surface area contributed by atoms with E-state index in [4.69, 9.17) is 11.8 Å². The van der Waals surface area contributed by atoms with Crippen molar-refractivity contribution < 1.29 is 4.79 Å². The van der Waals surface area contributed by atoms with Crippen LogP contribution < -0.4 is 10.2 Å². The summed E-state index contributed by atoms with van der Waals surface area (Å²) < 4.78 is -0.501. The number of hydrogen-bond acceptors (Lipinski definition) is 2. The van der Waals surface area contributed by atoms with Crippen molar-refractivity contribution in [2.45, 2.75) is 18.2 Å². The van der Waals surface area contributed by atoms with E-state index in [1.807, 2.05) is 0 Å². The summed E-state index contributed by atoms with van der Waals surface area (Å²) in [5.41, 5.74) is 0. The van der Waals surface area contributed by atoms with Crippen molar-refractivity contribution in [3.8, 4) is 0 Å². The Hall–Kier alpha value is 0.200. The quantitative estimate of drug-likeness (QED) is 0.440. The number of halogens is 2. The lowest BCUT2D eigenvalue weighted by molar-refractivity contribution is -0.122. The number of carbonyl (C=O) groups excluding carboxylic acids is 1. The first kappa shape index (κ1) is 11.2. The molecule has 0 aliphatic heterocycles. The summed E-state index contributed by atoms with van der Waals surface area (Å²) in [5.74, 6) is -0.0376. The summed E-state index contributed by atoms with van der Waals surface area (Å²) in [5, 5.41) is 2.69. The first-order valence-electron chi connectivity index (χ1n) is 3.29. The van der Waals surface area contributed by atoms with E-state index in [1.165, 1.54) is 0 Å². The number of alkyl halides is 1. The van der Waals surface area contributed by atoms with Gasteiger partial charge in [0.25, 0.3) is 0 Å². The molecule has 5 heteroatoms. The molecule has 0 saturated carbocycles. The topological polar surface area (TPSA) is 41.1 Å². The normalized spacial score (nSPS) is 11.3. The smallest absolute Gasteiger partial charge is 0.236 e. The van der Waals surface area contributed by atoms with Crippen LogP contribution in [0, 0.1) is 0 Å². The predicted octanol–water partition coefficient (Wildman–Crippen LogP) is 1.02. The SMILES string of the molecule is CC(C)(Br)C(=O)NCCNCl.